The second-order valence-corrected chi connectivity index (χ2v) is 5.17. The van der Waals surface area contributed by atoms with Crippen LogP contribution in [0.25, 0.3) is 0 Å². The Morgan fingerprint density at radius 3 is 2.79 bits per heavy atom. The van der Waals surface area contributed by atoms with Crippen molar-refractivity contribution in [3.8, 4) is 0 Å². The summed E-state index contributed by atoms with van der Waals surface area (Å²) < 4.78 is 1.53. The molecule has 0 bridgehead atoms. The summed E-state index contributed by atoms with van der Waals surface area (Å²) in [6.07, 6.45) is 5.79. The molecule has 1 aromatic heterocycles. The van der Waals surface area contributed by atoms with Gasteiger partial charge in [0.25, 0.3) is 5.56 Å². The largest absolute Gasteiger partial charge is 0.373 e. The zero-order chi connectivity index (χ0) is 14.3. The molecule has 1 unspecified atom stereocenters. The number of anilines is 1. The van der Waals surface area contributed by atoms with Gasteiger partial charge in [-0.2, -0.15) is 5.10 Å². The Balaban J connectivity index is 2.55. The van der Waals surface area contributed by atoms with Crippen LogP contribution in [-0.4, -0.2) is 29.4 Å². The summed E-state index contributed by atoms with van der Waals surface area (Å²) in [5, 5.41) is 4.23. The molecule has 0 aromatic carbocycles. The molecular weight excluding hydrogens is 240 g/mol. The molecule has 108 valence electrons. The van der Waals surface area contributed by atoms with Gasteiger partial charge in [0.15, 0.2) is 0 Å². The summed E-state index contributed by atoms with van der Waals surface area (Å²) in [6, 6.07) is 1.89. The summed E-state index contributed by atoms with van der Waals surface area (Å²) >= 11 is 0. The number of hydrogen-bond donors (Lipinski definition) is 1. The van der Waals surface area contributed by atoms with E-state index in [0.717, 1.165) is 37.9 Å². The third-order valence-corrected chi connectivity index (χ3v) is 3.13. The maximum atomic E-state index is 11.9. The van der Waals surface area contributed by atoms with E-state index in [2.05, 4.69) is 16.9 Å². The van der Waals surface area contributed by atoms with Crippen molar-refractivity contribution in [2.45, 2.75) is 52.1 Å². The molecule has 0 saturated heterocycles. The van der Waals surface area contributed by atoms with Crippen molar-refractivity contribution in [2.24, 2.45) is 5.73 Å². The van der Waals surface area contributed by atoms with Crippen molar-refractivity contribution in [3.05, 3.63) is 22.6 Å². The summed E-state index contributed by atoms with van der Waals surface area (Å²) in [7, 11) is 1.98. The van der Waals surface area contributed by atoms with E-state index >= 15 is 0 Å². The highest BCUT2D eigenvalue weighted by molar-refractivity contribution is 5.41. The molecule has 1 aromatic rings. The molecule has 19 heavy (non-hydrogen) atoms. The first-order chi connectivity index (χ1) is 9.04. The molecule has 5 nitrogen and oxygen atoms in total. The minimum Gasteiger partial charge on any atom is -0.373 e. The molecule has 1 rings (SSSR count). The number of nitrogens with two attached hydrogens (primary N) is 1. The van der Waals surface area contributed by atoms with Crippen LogP contribution < -0.4 is 16.2 Å². The quantitative estimate of drug-likeness (QED) is 0.726. The van der Waals surface area contributed by atoms with Crippen LogP contribution in [0.5, 0.6) is 0 Å². The molecule has 0 saturated carbocycles. The van der Waals surface area contributed by atoms with Gasteiger partial charge >= 0.3 is 0 Å². The fourth-order valence-corrected chi connectivity index (χ4v) is 1.99. The van der Waals surface area contributed by atoms with Crippen LogP contribution in [0.1, 0.15) is 39.5 Å². The Morgan fingerprint density at radius 1 is 1.47 bits per heavy atom. The molecule has 1 heterocycles. The van der Waals surface area contributed by atoms with Crippen LogP contribution in [0.15, 0.2) is 17.1 Å². The van der Waals surface area contributed by atoms with E-state index < -0.39 is 0 Å². The maximum absolute atomic E-state index is 11.9. The van der Waals surface area contributed by atoms with Crippen molar-refractivity contribution in [3.63, 3.8) is 0 Å². The molecule has 0 fully saturated rings. The van der Waals surface area contributed by atoms with Gasteiger partial charge in [-0.1, -0.05) is 13.3 Å². The number of hydrogen-bond acceptors (Lipinski definition) is 4. The third kappa shape index (κ3) is 5.42. The number of aromatic nitrogens is 2. The van der Waals surface area contributed by atoms with Crippen LogP contribution in [-0.2, 0) is 6.54 Å². The highest BCUT2D eigenvalue weighted by Gasteiger charge is 2.04. The van der Waals surface area contributed by atoms with Crippen LogP contribution in [0, 0.1) is 0 Å². The number of aryl methyl sites for hydroxylation is 1. The molecule has 0 spiro atoms. The summed E-state index contributed by atoms with van der Waals surface area (Å²) in [5.41, 5.74) is 6.55. The smallest absolute Gasteiger partial charge is 0.268 e. The van der Waals surface area contributed by atoms with Crippen molar-refractivity contribution >= 4 is 5.69 Å². The first-order valence-corrected chi connectivity index (χ1v) is 7.08. The van der Waals surface area contributed by atoms with Gasteiger partial charge in [-0.25, -0.2) is 4.68 Å². The van der Waals surface area contributed by atoms with E-state index in [9.17, 15) is 4.79 Å². The first kappa shape index (κ1) is 15.7. The van der Waals surface area contributed by atoms with Crippen molar-refractivity contribution in [1.29, 1.82) is 0 Å². The van der Waals surface area contributed by atoms with Crippen LogP contribution in [0.3, 0.4) is 0 Å². The topological polar surface area (TPSA) is 64.2 Å². The van der Waals surface area contributed by atoms with E-state index in [-0.39, 0.29) is 11.6 Å². The zero-order valence-corrected chi connectivity index (χ0v) is 12.3. The molecule has 2 N–H and O–H groups in total. The van der Waals surface area contributed by atoms with Gasteiger partial charge in [-0.15, -0.1) is 0 Å². The lowest BCUT2D eigenvalue weighted by Crippen LogP contribution is -2.26. The number of nitrogens with zero attached hydrogens (tertiary/aromatic N) is 3. The lowest BCUT2D eigenvalue weighted by molar-refractivity contribution is 0.503. The van der Waals surface area contributed by atoms with Crippen LogP contribution in [0.4, 0.5) is 5.69 Å². The zero-order valence-electron chi connectivity index (χ0n) is 12.3. The highest BCUT2D eigenvalue weighted by Crippen LogP contribution is 2.07. The molecule has 1 atom stereocenters. The standard InChI is InChI=1S/C14H26N4O/c1-4-8-17(3)13-10-14(19)18(16-11-13)9-6-5-7-12(2)15/h10-12H,4-9,15H2,1-3H3. The Morgan fingerprint density at radius 2 is 2.21 bits per heavy atom. The van der Waals surface area contributed by atoms with E-state index in [1.165, 1.54) is 4.68 Å². The predicted octanol–water partition coefficient (Wildman–Crippen LogP) is 1.61. The Bertz CT molecular complexity index is 428. The van der Waals surface area contributed by atoms with E-state index in [0.29, 0.717) is 6.54 Å². The molecule has 0 radical (unpaired) electrons. The van der Waals surface area contributed by atoms with Crippen molar-refractivity contribution in [2.75, 3.05) is 18.5 Å². The molecule has 0 amide bonds. The molecule has 0 aliphatic rings. The van der Waals surface area contributed by atoms with Gasteiger partial charge in [0.1, 0.15) is 0 Å². The summed E-state index contributed by atoms with van der Waals surface area (Å²) in [4.78, 5) is 14.0. The van der Waals surface area contributed by atoms with Gasteiger partial charge in [-0.05, 0) is 26.2 Å². The minimum atomic E-state index is -0.0266. The van der Waals surface area contributed by atoms with Gasteiger partial charge in [-0.3, -0.25) is 4.79 Å². The van der Waals surface area contributed by atoms with Crippen LogP contribution >= 0.6 is 0 Å². The lowest BCUT2D eigenvalue weighted by atomic mass is 10.1. The predicted molar refractivity (Wildman–Crippen MR) is 79.6 cm³/mol. The van der Waals surface area contributed by atoms with Gasteiger partial charge in [0.05, 0.1) is 11.9 Å². The average Bonchev–Trinajstić information content (AvgIpc) is 2.36. The van der Waals surface area contributed by atoms with Crippen LogP contribution in [0.2, 0.25) is 0 Å². The summed E-state index contributed by atoms with van der Waals surface area (Å²) in [5.74, 6) is 0. The summed E-state index contributed by atoms with van der Waals surface area (Å²) in [6.45, 7) is 5.72. The van der Waals surface area contributed by atoms with Gasteiger partial charge < -0.3 is 10.6 Å². The third-order valence-electron chi connectivity index (χ3n) is 3.13. The van der Waals surface area contributed by atoms with E-state index in [4.69, 9.17) is 5.73 Å². The number of rotatable bonds is 8. The maximum Gasteiger partial charge on any atom is 0.268 e. The van der Waals surface area contributed by atoms with E-state index in [1.54, 1.807) is 12.3 Å². The lowest BCUT2D eigenvalue weighted by Gasteiger charge is -2.17. The number of unbranched alkanes of at least 4 members (excludes halogenated alkanes) is 1. The monoisotopic (exact) mass is 266 g/mol. The van der Waals surface area contributed by atoms with Crippen molar-refractivity contribution in [1.82, 2.24) is 9.78 Å². The fraction of sp³-hybridized carbons (Fsp3) is 0.714. The van der Waals surface area contributed by atoms with Gasteiger partial charge in [0.2, 0.25) is 0 Å². The molecular formula is C14H26N4O. The average molecular weight is 266 g/mol. The van der Waals surface area contributed by atoms with Crippen molar-refractivity contribution < 1.29 is 0 Å². The first-order valence-electron chi connectivity index (χ1n) is 7.08. The van der Waals surface area contributed by atoms with Gasteiger partial charge in [0, 0.05) is 32.2 Å². The Labute approximate surface area is 115 Å². The Hall–Kier alpha value is -1.36. The SMILES string of the molecule is CCCN(C)c1cnn(CCCCC(C)N)c(=O)c1. The highest BCUT2D eigenvalue weighted by atomic mass is 16.1. The molecule has 0 aliphatic carbocycles. The second kappa shape index (κ2) is 7.94. The molecule has 5 heteroatoms. The fourth-order valence-electron chi connectivity index (χ4n) is 1.99. The van der Waals surface area contributed by atoms with E-state index in [1.807, 2.05) is 14.0 Å². The molecule has 0 aliphatic heterocycles. The Kier molecular flexibility index (Phi) is 6.56. The minimum absolute atomic E-state index is 0.0266. The normalized spacial score (nSPS) is 12.4. The second-order valence-electron chi connectivity index (χ2n) is 5.17.